The SMILES string of the molecule is CCOC(=O)/C=C/c1ccc2c(c1)C(=O)C(C)(C)C(=O)N2. The van der Waals surface area contributed by atoms with Gasteiger partial charge < -0.3 is 10.1 Å². The van der Waals surface area contributed by atoms with E-state index in [4.69, 9.17) is 4.74 Å². The molecule has 21 heavy (non-hydrogen) atoms. The third-order valence-electron chi connectivity index (χ3n) is 3.37. The highest BCUT2D eigenvalue weighted by Gasteiger charge is 2.41. The Balaban J connectivity index is 2.32. The number of rotatable bonds is 3. The highest BCUT2D eigenvalue weighted by atomic mass is 16.5. The molecule has 1 heterocycles. The maximum atomic E-state index is 12.4. The number of carbonyl (C=O) groups is 3. The molecule has 1 aliphatic rings. The highest BCUT2D eigenvalue weighted by Crippen LogP contribution is 2.33. The molecule has 0 saturated carbocycles. The van der Waals surface area contributed by atoms with Crippen molar-refractivity contribution < 1.29 is 19.1 Å². The second kappa shape index (κ2) is 5.52. The van der Waals surface area contributed by atoms with E-state index in [1.807, 2.05) is 0 Å². The Morgan fingerprint density at radius 3 is 2.71 bits per heavy atom. The van der Waals surface area contributed by atoms with Gasteiger partial charge in [0.15, 0.2) is 5.78 Å². The van der Waals surface area contributed by atoms with Crippen LogP contribution in [0.3, 0.4) is 0 Å². The van der Waals surface area contributed by atoms with Crippen LogP contribution < -0.4 is 5.32 Å². The minimum atomic E-state index is -1.09. The third-order valence-corrected chi connectivity index (χ3v) is 3.37. The van der Waals surface area contributed by atoms with Crippen LogP contribution in [0, 0.1) is 5.41 Å². The molecular weight excluding hydrogens is 270 g/mol. The summed E-state index contributed by atoms with van der Waals surface area (Å²) in [5.41, 5.74) is 0.557. The van der Waals surface area contributed by atoms with Gasteiger partial charge in [-0.1, -0.05) is 6.07 Å². The summed E-state index contributed by atoms with van der Waals surface area (Å²) < 4.78 is 4.79. The van der Waals surface area contributed by atoms with E-state index >= 15 is 0 Å². The first-order chi connectivity index (χ1) is 9.86. The molecule has 0 unspecified atom stereocenters. The smallest absolute Gasteiger partial charge is 0.330 e. The molecule has 1 amide bonds. The summed E-state index contributed by atoms with van der Waals surface area (Å²) in [6.07, 6.45) is 2.89. The third kappa shape index (κ3) is 2.86. The Kier molecular flexibility index (Phi) is 3.93. The number of amides is 1. The van der Waals surface area contributed by atoms with E-state index in [1.165, 1.54) is 6.08 Å². The van der Waals surface area contributed by atoms with E-state index in [0.29, 0.717) is 23.4 Å². The summed E-state index contributed by atoms with van der Waals surface area (Å²) >= 11 is 0. The fraction of sp³-hybridized carbons (Fsp3) is 0.312. The van der Waals surface area contributed by atoms with Gasteiger partial charge >= 0.3 is 5.97 Å². The maximum Gasteiger partial charge on any atom is 0.330 e. The average molecular weight is 287 g/mol. The molecule has 5 heteroatoms. The molecule has 0 aromatic heterocycles. The van der Waals surface area contributed by atoms with Crippen LogP contribution in [0.15, 0.2) is 24.3 Å². The standard InChI is InChI=1S/C16H17NO4/c1-4-21-13(18)8-6-10-5-7-12-11(9-10)14(19)16(2,3)15(20)17-12/h5-9H,4H2,1-3H3,(H,17,20)/b8-6+. The number of benzene rings is 1. The number of fused-ring (bicyclic) bond motifs is 1. The van der Waals surface area contributed by atoms with Gasteiger partial charge in [0.25, 0.3) is 0 Å². The Labute approximate surface area is 123 Å². The van der Waals surface area contributed by atoms with Crippen molar-refractivity contribution in [3.8, 4) is 0 Å². The molecule has 1 aromatic carbocycles. The fourth-order valence-electron chi connectivity index (χ4n) is 2.04. The second-order valence-electron chi connectivity index (χ2n) is 5.30. The molecule has 1 aromatic rings. The van der Waals surface area contributed by atoms with Gasteiger partial charge in [0.2, 0.25) is 5.91 Å². The summed E-state index contributed by atoms with van der Waals surface area (Å²) in [6, 6.07) is 5.04. The van der Waals surface area contributed by atoms with Crippen LogP contribution in [-0.2, 0) is 14.3 Å². The van der Waals surface area contributed by atoms with Crippen molar-refractivity contribution in [2.75, 3.05) is 11.9 Å². The van der Waals surface area contributed by atoms with Crippen LogP contribution in [0.5, 0.6) is 0 Å². The Morgan fingerprint density at radius 2 is 2.05 bits per heavy atom. The van der Waals surface area contributed by atoms with Gasteiger partial charge in [-0.05, 0) is 44.5 Å². The number of esters is 1. The minimum Gasteiger partial charge on any atom is -0.463 e. The first-order valence-electron chi connectivity index (χ1n) is 6.71. The molecule has 1 N–H and O–H groups in total. The summed E-state index contributed by atoms with van der Waals surface area (Å²) in [7, 11) is 0. The van der Waals surface area contributed by atoms with Gasteiger partial charge in [-0.15, -0.1) is 0 Å². The fourth-order valence-corrected chi connectivity index (χ4v) is 2.04. The second-order valence-corrected chi connectivity index (χ2v) is 5.30. The quantitative estimate of drug-likeness (QED) is 0.526. The van der Waals surface area contributed by atoms with Gasteiger partial charge in [0.05, 0.1) is 12.3 Å². The Hall–Kier alpha value is -2.43. The maximum absolute atomic E-state index is 12.4. The zero-order chi connectivity index (χ0) is 15.6. The molecule has 2 rings (SSSR count). The van der Waals surface area contributed by atoms with E-state index in [1.54, 1.807) is 45.0 Å². The first kappa shape index (κ1) is 15.0. The number of ketones is 1. The lowest BCUT2D eigenvalue weighted by atomic mass is 9.79. The molecule has 0 spiro atoms. The number of Topliss-reactive ketones (excluding diaryl/α,β-unsaturated/α-hetero) is 1. The van der Waals surface area contributed by atoms with Crippen molar-refractivity contribution >= 4 is 29.4 Å². The number of nitrogens with one attached hydrogen (secondary N) is 1. The van der Waals surface area contributed by atoms with Gasteiger partial charge in [-0.25, -0.2) is 4.79 Å². The van der Waals surface area contributed by atoms with Crippen LogP contribution in [0.2, 0.25) is 0 Å². The zero-order valence-electron chi connectivity index (χ0n) is 12.2. The molecule has 0 bridgehead atoms. The lowest BCUT2D eigenvalue weighted by Gasteiger charge is -2.29. The number of hydrogen-bond acceptors (Lipinski definition) is 4. The summed E-state index contributed by atoms with van der Waals surface area (Å²) in [5, 5.41) is 2.72. The molecule has 1 aliphatic heterocycles. The molecule has 0 radical (unpaired) electrons. The minimum absolute atomic E-state index is 0.229. The molecular formula is C16H17NO4. The van der Waals surface area contributed by atoms with Crippen LogP contribution >= 0.6 is 0 Å². The van der Waals surface area contributed by atoms with Gasteiger partial charge in [0.1, 0.15) is 5.41 Å². The first-order valence-corrected chi connectivity index (χ1v) is 6.71. The number of carbonyl (C=O) groups excluding carboxylic acids is 3. The molecule has 0 atom stereocenters. The largest absolute Gasteiger partial charge is 0.463 e. The zero-order valence-corrected chi connectivity index (χ0v) is 12.2. The molecule has 5 nitrogen and oxygen atoms in total. The summed E-state index contributed by atoms with van der Waals surface area (Å²) in [4.78, 5) is 35.5. The van der Waals surface area contributed by atoms with E-state index < -0.39 is 11.4 Å². The van der Waals surface area contributed by atoms with Crippen LogP contribution in [-0.4, -0.2) is 24.3 Å². The Morgan fingerprint density at radius 1 is 1.33 bits per heavy atom. The van der Waals surface area contributed by atoms with Crippen molar-refractivity contribution in [1.29, 1.82) is 0 Å². The average Bonchev–Trinajstić information content (AvgIpc) is 2.44. The monoisotopic (exact) mass is 287 g/mol. The summed E-state index contributed by atoms with van der Waals surface area (Å²) in [6.45, 7) is 5.23. The predicted octanol–water partition coefficient (Wildman–Crippen LogP) is 2.42. The van der Waals surface area contributed by atoms with Crippen molar-refractivity contribution in [3.63, 3.8) is 0 Å². The lowest BCUT2D eigenvalue weighted by molar-refractivity contribution is -0.137. The van der Waals surface area contributed by atoms with E-state index in [0.717, 1.165) is 0 Å². The molecule has 110 valence electrons. The van der Waals surface area contributed by atoms with Crippen molar-refractivity contribution in [1.82, 2.24) is 0 Å². The molecule has 0 fully saturated rings. The molecule has 0 aliphatic carbocycles. The number of anilines is 1. The van der Waals surface area contributed by atoms with Gasteiger partial charge in [0, 0.05) is 11.6 Å². The predicted molar refractivity (Wildman–Crippen MR) is 78.9 cm³/mol. The molecule has 0 saturated heterocycles. The van der Waals surface area contributed by atoms with Gasteiger partial charge in [-0.2, -0.15) is 0 Å². The highest BCUT2D eigenvalue weighted by molar-refractivity contribution is 6.23. The van der Waals surface area contributed by atoms with Crippen molar-refractivity contribution in [2.45, 2.75) is 20.8 Å². The normalized spacial score (nSPS) is 16.5. The van der Waals surface area contributed by atoms with Crippen LogP contribution in [0.4, 0.5) is 5.69 Å². The van der Waals surface area contributed by atoms with E-state index in [9.17, 15) is 14.4 Å². The van der Waals surface area contributed by atoms with E-state index in [-0.39, 0.29) is 11.7 Å². The van der Waals surface area contributed by atoms with Crippen molar-refractivity contribution in [3.05, 3.63) is 35.4 Å². The topological polar surface area (TPSA) is 72.5 Å². The lowest BCUT2D eigenvalue weighted by Crippen LogP contribution is -2.42. The van der Waals surface area contributed by atoms with Crippen molar-refractivity contribution in [2.24, 2.45) is 5.41 Å². The van der Waals surface area contributed by atoms with E-state index in [2.05, 4.69) is 5.32 Å². The van der Waals surface area contributed by atoms with Crippen LogP contribution in [0.25, 0.3) is 6.08 Å². The Bertz CT molecular complexity index is 644. The van der Waals surface area contributed by atoms with Gasteiger partial charge in [-0.3, -0.25) is 9.59 Å². The summed E-state index contributed by atoms with van der Waals surface area (Å²) in [5.74, 6) is -0.974. The number of hydrogen-bond donors (Lipinski definition) is 1. The van der Waals surface area contributed by atoms with Crippen LogP contribution in [0.1, 0.15) is 36.7 Å². The number of ether oxygens (including phenoxy) is 1.